The maximum Gasteiger partial charge on any atom is 0.420 e. The molecule has 0 fully saturated rings. The van der Waals surface area contributed by atoms with Gasteiger partial charge in [-0.1, -0.05) is 13.8 Å². The third-order valence-corrected chi connectivity index (χ3v) is 7.32. The van der Waals surface area contributed by atoms with Crippen molar-refractivity contribution < 1.29 is 9.53 Å². The summed E-state index contributed by atoms with van der Waals surface area (Å²) in [6.07, 6.45) is 1.58. The van der Waals surface area contributed by atoms with Gasteiger partial charge >= 0.3 is 6.09 Å². The quantitative estimate of drug-likeness (QED) is 0.295. The summed E-state index contributed by atoms with van der Waals surface area (Å²) in [5, 5.41) is 5.63. The first-order valence-corrected chi connectivity index (χ1v) is 11.9. The van der Waals surface area contributed by atoms with E-state index in [0.717, 1.165) is 47.6 Å². The number of ether oxygens (including phenoxy) is 1. The van der Waals surface area contributed by atoms with Crippen molar-refractivity contribution >= 4 is 49.2 Å². The van der Waals surface area contributed by atoms with Crippen LogP contribution in [0.25, 0.3) is 27.1 Å². The minimum atomic E-state index is -0.602. The van der Waals surface area contributed by atoms with Gasteiger partial charge in [0.2, 0.25) is 0 Å². The summed E-state index contributed by atoms with van der Waals surface area (Å²) in [4.78, 5) is 18.9. The normalized spacial score (nSPS) is 12.5. The lowest BCUT2D eigenvalue weighted by atomic mass is 9.96. The zero-order chi connectivity index (χ0) is 22.8. The fourth-order valence-electron chi connectivity index (χ4n) is 4.00. The van der Waals surface area contributed by atoms with Gasteiger partial charge in [0.05, 0.1) is 9.48 Å². The Hall–Kier alpha value is -2.19. The lowest BCUT2D eigenvalue weighted by molar-refractivity contribution is 0.0547. The molecule has 6 nitrogen and oxygen atoms in total. The molecule has 0 N–H and O–H groups in total. The van der Waals surface area contributed by atoms with Crippen LogP contribution in [0, 0.1) is 20.8 Å². The van der Waals surface area contributed by atoms with Crippen molar-refractivity contribution in [2.75, 3.05) is 0 Å². The fourth-order valence-corrected chi connectivity index (χ4v) is 5.71. The van der Waals surface area contributed by atoms with Crippen LogP contribution in [0.3, 0.4) is 0 Å². The maximum atomic E-state index is 13.5. The Bertz CT molecular complexity index is 1340. The summed E-state index contributed by atoms with van der Waals surface area (Å²) in [5.41, 5.74) is 5.28. The molecule has 4 aromatic rings. The molecule has 4 aromatic heterocycles. The number of aromatic nitrogens is 4. The highest BCUT2D eigenvalue weighted by Gasteiger charge is 2.31. The second kappa shape index (κ2) is 7.45. The number of aryl methyl sites for hydroxylation is 3. The molecule has 0 unspecified atom stereocenters. The van der Waals surface area contributed by atoms with Gasteiger partial charge in [0, 0.05) is 17.1 Å². The van der Waals surface area contributed by atoms with Gasteiger partial charge in [0.25, 0.3) is 0 Å². The third kappa shape index (κ3) is 3.69. The molecular formula is C23H27BrN4O2S. The Morgan fingerprint density at radius 1 is 1.23 bits per heavy atom. The average Bonchev–Trinajstić information content (AvgIpc) is 3.25. The zero-order valence-electron chi connectivity index (χ0n) is 19.1. The molecule has 0 amide bonds. The number of carbonyl (C=O) groups is 1. The van der Waals surface area contributed by atoms with Gasteiger partial charge < -0.3 is 4.74 Å². The van der Waals surface area contributed by atoms with Crippen LogP contribution < -0.4 is 0 Å². The highest BCUT2D eigenvalue weighted by atomic mass is 79.9. The molecule has 0 aliphatic carbocycles. The number of carbonyl (C=O) groups excluding carboxylic acids is 1. The second-order valence-electron chi connectivity index (χ2n) is 9.25. The molecular weight excluding hydrogens is 476 g/mol. The molecule has 0 atom stereocenters. The number of hydrogen-bond acceptors (Lipinski definition) is 5. The van der Waals surface area contributed by atoms with Crippen LogP contribution in [0.4, 0.5) is 4.79 Å². The number of halogens is 1. The van der Waals surface area contributed by atoms with Crippen LogP contribution in [-0.4, -0.2) is 30.9 Å². The van der Waals surface area contributed by atoms with Gasteiger partial charge in [0.15, 0.2) is 5.65 Å². The largest absolute Gasteiger partial charge is 0.443 e. The van der Waals surface area contributed by atoms with Gasteiger partial charge in [-0.2, -0.15) is 5.10 Å². The number of rotatable bonds is 2. The number of thiophene rings is 1. The molecule has 0 aliphatic rings. The predicted octanol–water partition coefficient (Wildman–Crippen LogP) is 7.01. The first kappa shape index (κ1) is 22.0. The SMILES string of the molecule is Cc1nc2c(C)cc(-c3c(C(C)C)c4c(C)c(Br)sc4n3C(=O)OC(C)(C)C)cn2n1. The summed E-state index contributed by atoms with van der Waals surface area (Å²) in [7, 11) is 0. The third-order valence-electron chi connectivity index (χ3n) is 5.17. The number of hydrogen-bond donors (Lipinski definition) is 0. The monoisotopic (exact) mass is 502 g/mol. The van der Waals surface area contributed by atoms with Crippen LogP contribution in [0.2, 0.25) is 0 Å². The van der Waals surface area contributed by atoms with Gasteiger partial charge in [-0.15, -0.1) is 11.3 Å². The smallest absolute Gasteiger partial charge is 0.420 e. The van der Waals surface area contributed by atoms with Crippen molar-refractivity contribution in [2.45, 2.75) is 66.9 Å². The van der Waals surface area contributed by atoms with Crippen molar-refractivity contribution in [1.29, 1.82) is 0 Å². The van der Waals surface area contributed by atoms with Crippen molar-refractivity contribution in [3.63, 3.8) is 0 Å². The molecule has 4 heterocycles. The summed E-state index contributed by atoms with van der Waals surface area (Å²) >= 11 is 5.24. The zero-order valence-corrected chi connectivity index (χ0v) is 21.5. The molecule has 31 heavy (non-hydrogen) atoms. The van der Waals surface area contributed by atoms with E-state index in [1.54, 1.807) is 20.4 Å². The van der Waals surface area contributed by atoms with Gasteiger partial charge in [0.1, 0.15) is 16.3 Å². The summed E-state index contributed by atoms with van der Waals surface area (Å²) in [5.74, 6) is 0.919. The summed E-state index contributed by atoms with van der Waals surface area (Å²) < 4.78 is 10.4. The van der Waals surface area contributed by atoms with Crippen molar-refractivity contribution in [3.8, 4) is 11.3 Å². The van der Waals surface area contributed by atoms with Crippen molar-refractivity contribution in [1.82, 2.24) is 19.2 Å². The van der Waals surface area contributed by atoms with Crippen molar-refractivity contribution in [3.05, 3.63) is 38.6 Å². The Balaban J connectivity index is 2.11. The van der Waals surface area contributed by atoms with E-state index in [0.29, 0.717) is 5.82 Å². The van der Waals surface area contributed by atoms with Crippen LogP contribution in [0.15, 0.2) is 16.0 Å². The number of fused-ring (bicyclic) bond motifs is 2. The van der Waals surface area contributed by atoms with Crippen LogP contribution in [0.1, 0.15) is 63.1 Å². The van der Waals surface area contributed by atoms with Gasteiger partial charge in [-0.05, 0) is 86.1 Å². The van der Waals surface area contributed by atoms with Gasteiger partial charge in [-0.3, -0.25) is 0 Å². The van der Waals surface area contributed by atoms with Crippen molar-refractivity contribution in [2.24, 2.45) is 0 Å². The maximum absolute atomic E-state index is 13.5. The Labute approximate surface area is 194 Å². The minimum Gasteiger partial charge on any atom is -0.443 e. The number of nitrogens with zero attached hydrogens (tertiary/aromatic N) is 4. The molecule has 0 saturated carbocycles. The molecule has 0 aliphatic heterocycles. The van der Waals surface area contributed by atoms with E-state index in [1.165, 1.54) is 0 Å². The summed E-state index contributed by atoms with van der Waals surface area (Å²) in [6.45, 7) is 16.0. The first-order valence-electron chi connectivity index (χ1n) is 10.3. The molecule has 0 radical (unpaired) electrons. The highest BCUT2D eigenvalue weighted by Crippen LogP contribution is 2.46. The van der Waals surface area contributed by atoms with E-state index in [2.05, 4.69) is 52.9 Å². The topological polar surface area (TPSA) is 61.4 Å². The average molecular weight is 503 g/mol. The standard InChI is InChI=1S/C23H27BrN4O2S/c1-11(2)16-17-13(4)19(24)31-21(17)28(22(29)30-23(6,7)8)18(16)15-9-12(3)20-25-14(5)26-27(20)10-15/h9-11H,1-8H3. The highest BCUT2D eigenvalue weighted by molar-refractivity contribution is 9.11. The molecule has 0 spiro atoms. The van der Waals surface area contributed by atoms with Crippen LogP contribution in [0.5, 0.6) is 0 Å². The molecule has 8 heteroatoms. The minimum absolute atomic E-state index is 0.204. The van der Waals surface area contributed by atoms with Gasteiger partial charge in [-0.25, -0.2) is 18.9 Å². The molecule has 0 saturated heterocycles. The van der Waals surface area contributed by atoms with E-state index in [1.807, 2.05) is 40.8 Å². The van der Waals surface area contributed by atoms with E-state index >= 15 is 0 Å². The van der Waals surface area contributed by atoms with E-state index in [4.69, 9.17) is 4.74 Å². The Kier molecular flexibility index (Phi) is 5.29. The second-order valence-corrected chi connectivity index (χ2v) is 11.6. The molecule has 4 rings (SSSR count). The Morgan fingerprint density at radius 3 is 2.52 bits per heavy atom. The van der Waals surface area contributed by atoms with E-state index in [9.17, 15) is 4.79 Å². The first-order chi connectivity index (χ1) is 14.4. The molecule has 164 valence electrons. The lowest BCUT2D eigenvalue weighted by Crippen LogP contribution is -2.27. The molecule has 0 aromatic carbocycles. The van der Waals surface area contributed by atoms with Crippen LogP contribution in [-0.2, 0) is 4.74 Å². The molecule has 0 bridgehead atoms. The summed E-state index contributed by atoms with van der Waals surface area (Å²) in [6, 6.07) is 2.08. The van der Waals surface area contributed by atoms with E-state index in [-0.39, 0.29) is 12.0 Å². The Morgan fingerprint density at radius 2 is 1.90 bits per heavy atom. The van der Waals surface area contributed by atoms with E-state index < -0.39 is 5.60 Å². The fraction of sp³-hybridized carbons (Fsp3) is 0.435. The number of pyridine rings is 1. The van der Waals surface area contributed by atoms with Crippen LogP contribution >= 0.6 is 27.3 Å². The predicted molar refractivity (Wildman–Crippen MR) is 129 cm³/mol. The lowest BCUT2D eigenvalue weighted by Gasteiger charge is -2.21.